The Kier molecular flexibility index (Phi) is 5.76. The van der Waals surface area contributed by atoms with E-state index in [9.17, 15) is 9.59 Å². The van der Waals surface area contributed by atoms with Gasteiger partial charge in [0.25, 0.3) is 11.8 Å². The van der Waals surface area contributed by atoms with Gasteiger partial charge in [-0.15, -0.1) is 0 Å². The highest BCUT2D eigenvalue weighted by Crippen LogP contribution is 2.20. The summed E-state index contributed by atoms with van der Waals surface area (Å²) in [5, 5.41) is 6.03. The first-order valence-corrected chi connectivity index (χ1v) is 9.41. The number of hydrogen-bond acceptors (Lipinski definition) is 5. The number of rotatable bonds is 3. The zero-order valence-electron chi connectivity index (χ0n) is 13.8. The van der Waals surface area contributed by atoms with Gasteiger partial charge >= 0.3 is 0 Å². The fourth-order valence-corrected chi connectivity index (χ4v) is 3.74. The Morgan fingerprint density at radius 3 is 2.79 bits per heavy atom. The predicted octanol–water partition coefficient (Wildman–Crippen LogP) is 1.11. The minimum Gasteiger partial charge on any atom is -0.366 e. The summed E-state index contributed by atoms with van der Waals surface area (Å²) in [5.41, 5.74) is 2.28. The van der Waals surface area contributed by atoms with Gasteiger partial charge in [-0.2, -0.15) is 11.8 Å². The highest BCUT2D eigenvalue weighted by atomic mass is 32.2. The van der Waals surface area contributed by atoms with Gasteiger partial charge in [0.1, 0.15) is 6.10 Å². The Hall–Kier alpha value is -1.57. The molecule has 1 atom stereocenters. The number of carbonyl (C=O) groups excluding carboxylic acids is 2. The molecule has 6 nitrogen and oxygen atoms in total. The van der Waals surface area contributed by atoms with Crippen molar-refractivity contribution in [1.29, 1.82) is 0 Å². The molecule has 0 aromatic heterocycles. The zero-order chi connectivity index (χ0) is 16.9. The van der Waals surface area contributed by atoms with Crippen LogP contribution in [0.5, 0.6) is 0 Å². The van der Waals surface area contributed by atoms with E-state index < -0.39 is 6.10 Å². The van der Waals surface area contributed by atoms with Crippen molar-refractivity contribution >= 4 is 29.3 Å². The quantitative estimate of drug-likeness (QED) is 0.855. The van der Waals surface area contributed by atoms with Crippen molar-refractivity contribution in [3.8, 4) is 0 Å². The molecule has 1 aromatic carbocycles. The van der Waals surface area contributed by atoms with Crippen molar-refractivity contribution in [1.82, 2.24) is 10.2 Å². The third-order valence-electron chi connectivity index (χ3n) is 4.25. The Morgan fingerprint density at radius 1 is 1.33 bits per heavy atom. The van der Waals surface area contributed by atoms with E-state index in [1.807, 2.05) is 29.7 Å². The van der Waals surface area contributed by atoms with Crippen LogP contribution in [0.4, 0.5) is 5.69 Å². The Morgan fingerprint density at radius 2 is 2.12 bits per heavy atom. The third kappa shape index (κ3) is 4.09. The summed E-state index contributed by atoms with van der Waals surface area (Å²) in [6, 6.07) is 5.43. The van der Waals surface area contributed by atoms with E-state index in [2.05, 4.69) is 10.6 Å². The van der Waals surface area contributed by atoms with Gasteiger partial charge in [-0.05, 0) is 30.7 Å². The van der Waals surface area contributed by atoms with Crippen molar-refractivity contribution < 1.29 is 14.3 Å². The van der Waals surface area contributed by atoms with Gasteiger partial charge in [0.05, 0.1) is 6.61 Å². The minimum absolute atomic E-state index is 0.0658. The summed E-state index contributed by atoms with van der Waals surface area (Å²) in [6.45, 7) is 5.33. The van der Waals surface area contributed by atoms with Crippen LogP contribution in [0.1, 0.15) is 15.9 Å². The largest absolute Gasteiger partial charge is 0.366 e. The standard InChI is InChI=1S/C17H23N3O3S/c1-12-10-13(17(22)20-5-8-24-9-6-20)2-3-14(12)19-16(21)15-11-18-4-7-23-15/h2-3,10,15,18H,4-9,11H2,1H3,(H,19,21). The predicted molar refractivity (Wildman–Crippen MR) is 95.6 cm³/mol. The van der Waals surface area contributed by atoms with E-state index in [1.165, 1.54) is 0 Å². The lowest BCUT2D eigenvalue weighted by Gasteiger charge is -2.27. The SMILES string of the molecule is Cc1cc(C(=O)N2CCSCC2)ccc1NC(=O)C1CNCCO1. The Labute approximate surface area is 146 Å². The molecule has 2 fully saturated rings. The average molecular weight is 349 g/mol. The maximum Gasteiger partial charge on any atom is 0.254 e. The maximum atomic E-state index is 12.5. The minimum atomic E-state index is -0.467. The number of nitrogens with zero attached hydrogens (tertiary/aromatic N) is 1. The molecule has 0 aliphatic carbocycles. The summed E-state index contributed by atoms with van der Waals surface area (Å²) >= 11 is 1.88. The summed E-state index contributed by atoms with van der Waals surface area (Å²) in [4.78, 5) is 26.7. The first-order chi connectivity index (χ1) is 11.6. The van der Waals surface area contributed by atoms with E-state index in [0.29, 0.717) is 18.7 Å². The molecule has 0 radical (unpaired) electrons. The highest BCUT2D eigenvalue weighted by Gasteiger charge is 2.23. The van der Waals surface area contributed by atoms with Gasteiger partial charge in [0.15, 0.2) is 0 Å². The number of aryl methyl sites for hydroxylation is 1. The van der Waals surface area contributed by atoms with Crippen LogP contribution in [0.15, 0.2) is 18.2 Å². The van der Waals surface area contributed by atoms with Gasteiger partial charge in [-0.25, -0.2) is 0 Å². The molecule has 3 rings (SSSR count). The third-order valence-corrected chi connectivity index (χ3v) is 5.19. The summed E-state index contributed by atoms with van der Waals surface area (Å²) in [6.07, 6.45) is -0.467. The highest BCUT2D eigenvalue weighted by molar-refractivity contribution is 7.99. The molecule has 130 valence electrons. The van der Waals surface area contributed by atoms with E-state index >= 15 is 0 Å². The molecule has 0 bridgehead atoms. The molecule has 0 saturated carbocycles. The molecule has 2 aliphatic rings. The fraction of sp³-hybridized carbons (Fsp3) is 0.529. The Balaban J connectivity index is 1.65. The van der Waals surface area contributed by atoms with Crippen LogP contribution >= 0.6 is 11.8 Å². The molecule has 0 spiro atoms. The molecule has 2 heterocycles. The monoisotopic (exact) mass is 349 g/mol. The molecular weight excluding hydrogens is 326 g/mol. The van der Waals surface area contributed by atoms with Crippen LogP contribution in [0.3, 0.4) is 0 Å². The molecule has 2 saturated heterocycles. The lowest BCUT2D eigenvalue weighted by atomic mass is 10.1. The number of anilines is 1. The smallest absolute Gasteiger partial charge is 0.254 e. The number of thioether (sulfide) groups is 1. The second-order valence-corrected chi connectivity index (χ2v) is 7.21. The number of amides is 2. The zero-order valence-corrected chi connectivity index (χ0v) is 14.7. The van der Waals surface area contributed by atoms with Gasteiger partial charge in [0, 0.05) is 48.9 Å². The van der Waals surface area contributed by atoms with Crippen molar-refractivity contribution in [2.45, 2.75) is 13.0 Å². The van der Waals surface area contributed by atoms with Crippen LogP contribution in [0, 0.1) is 6.92 Å². The average Bonchev–Trinajstić information content (AvgIpc) is 2.64. The van der Waals surface area contributed by atoms with Crippen LogP contribution in [-0.2, 0) is 9.53 Å². The van der Waals surface area contributed by atoms with Gasteiger partial charge in [0.2, 0.25) is 0 Å². The van der Waals surface area contributed by atoms with E-state index in [4.69, 9.17) is 4.74 Å². The van der Waals surface area contributed by atoms with Crippen molar-refractivity contribution in [3.63, 3.8) is 0 Å². The molecule has 24 heavy (non-hydrogen) atoms. The number of hydrogen-bond donors (Lipinski definition) is 2. The topological polar surface area (TPSA) is 70.7 Å². The van der Waals surface area contributed by atoms with E-state index in [-0.39, 0.29) is 11.8 Å². The molecule has 1 aromatic rings. The number of carbonyl (C=O) groups is 2. The fourth-order valence-electron chi connectivity index (χ4n) is 2.83. The molecular formula is C17H23N3O3S. The van der Waals surface area contributed by atoms with Crippen molar-refractivity contribution in [2.75, 3.05) is 49.6 Å². The normalized spacial score (nSPS) is 21.4. The van der Waals surface area contributed by atoms with Crippen LogP contribution in [0.25, 0.3) is 0 Å². The molecule has 1 unspecified atom stereocenters. The van der Waals surface area contributed by atoms with Gasteiger partial charge in [-0.3, -0.25) is 9.59 Å². The summed E-state index contributed by atoms with van der Waals surface area (Å²) in [5.74, 6) is 1.90. The Bertz CT molecular complexity index is 611. The number of morpholine rings is 1. The molecule has 2 aliphatic heterocycles. The van der Waals surface area contributed by atoms with Crippen LogP contribution in [0.2, 0.25) is 0 Å². The van der Waals surface area contributed by atoms with Crippen molar-refractivity contribution in [2.24, 2.45) is 0 Å². The summed E-state index contributed by atoms with van der Waals surface area (Å²) in [7, 11) is 0. The lowest BCUT2D eigenvalue weighted by Crippen LogP contribution is -2.45. The van der Waals surface area contributed by atoms with E-state index in [0.717, 1.165) is 42.4 Å². The van der Waals surface area contributed by atoms with Crippen LogP contribution in [-0.4, -0.2) is 67.1 Å². The first-order valence-electron chi connectivity index (χ1n) is 8.26. The van der Waals surface area contributed by atoms with Gasteiger partial charge in [-0.1, -0.05) is 0 Å². The number of nitrogens with one attached hydrogen (secondary N) is 2. The van der Waals surface area contributed by atoms with Gasteiger partial charge < -0.3 is 20.3 Å². The second-order valence-electron chi connectivity index (χ2n) is 5.99. The summed E-state index contributed by atoms with van der Waals surface area (Å²) < 4.78 is 5.46. The van der Waals surface area contributed by atoms with Crippen molar-refractivity contribution in [3.05, 3.63) is 29.3 Å². The molecule has 2 N–H and O–H groups in total. The lowest BCUT2D eigenvalue weighted by molar-refractivity contribution is -0.128. The maximum absolute atomic E-state index is 12.5. The molecule has 7 heteroatoms. The van der Waals surface area contributed by atoms with E-state index in [1.54, 1.807) is 12.1 Å². The molecule has 2 amide bonds. The number of benzene rings is 1. The second kappa shape index (κ2) is 8.00. The first kappa shape index (κ1) is 17.3. The van der Waals surface area contributed by atoms with Crippen LogP contribution < -0.4 is 10.6 Å². The number of ether oxygens (including phenoxy) is 1.